The molecule has 6 aromatic carbocycles. The number of benzene rings is 6. The Balaban J connectivity index is 1.32. The Hall–Kier alpha value is -4.62. The van der Waals surface area contributed by atoms with Crippen molar-refractivity contribution in [1.29, 1.82) is 0 Å². The highest BCUT2D eigenvalue weighted by Crippen LogP contribution is 2.45. The molecule has 0 amide bonds. The van der Waals surface area contributed by atoms with E-state index in [1.54, 1.807) is 0 Å². The quantitative estimate of drug-likeness (QED) is 0.0968. The summed E-state index contributed by atoms with van der Waals surface area (Å²) in [7, 11) is -2.97. The molecule has 0 atom stereocenters. The third-order valence-electron chi connectivity index (χ3n) is 11.3. The minimum atomic E-state index is -1.49. The van der Waals surface area contributed by atoms with Crippen molar-refractivity contribution in [3.63, 3.8) is 0 Å². The lowest BCUT2D eigenvalue weighted by molar-refractivity contribution is 0.496. The molecule has 0 aliphatic rings. The van der Waals surface area contributed by atoms with Gasteiger partial charge in [0.25, 0.3) is 0 Å². The SMILES string of the molecule is CCc1cc(OP(Oc2cc(CC)c(C)cc2C)c2ccc(-c3ccc(P(Oc4cc(CC)c(C)cc4C)Oc4cc(CC)c(C)cc4C)cc3)cc2)c(C)cc1C. The van der Waals surface area contributed by atoms with Crippen LogP contribution in [-0.4, -0.2) is 0 Å². The highest BCUT2D eigenvalue weighted by atomic mass is 31.2. The first-order chi connectivity index (χ1) is 27.8. The van der Waals surface area contributed by atoms with Crippen molar-refractivity contribution >= 4 is 27.4 Å². The largest absolute Gasteiger partial charge is 0.435 e. The zero-order valence-corrected chi connectivity index (χ0v) is 38.4. The van der Waals surface area contributed by atoms with Crippen molar-refractivity contribution in [2.24, 2.45) is 0 Å². The maximum absolute atomic E-state index is 6.85. The molecule has 4 nitrogen and oxygen atoms in total. The van der Waals surface area contributed by atoms with Crippen LogP contribution < -0.4 is 28.7 Å². The maximum atomic E-state index is 6.85. The van der Waals surface area contributed by atoms with Gasteiger partial charge < -0.3 is 18.1 Å². The van der Waals surface area contributed by atoms with Crippen LogP contribution in [0.5, 0.6) is 23.0 Å². The van der Waals surface area contributed by atoms with Crippen LogP contribution in [0, 0.1) is 55.4 Å². The van der Waals surface area contributed by atoms with Gasteiger partial charge in [-0.05, 0) is 207 Å². The van der Waals surface area contributed by atoms with E-state index in [0.717, 1.165) is 92.7 Å². The molecule has 0 aliphatic carbocycles. The van der Waals surface area contributed by atoms with Crippen molar-refractivity contribution in [3.8, 4) is 34.1 Å². The fraction of sp³-hybridized carbons (Fsp3) is 0.308. The van der Waals surface area contributed by atoms with E-state index in [1.165, 1.54) is 44.5 Å². The molecule has 0 aromatic heterocycles. The molecule has 6 aromatic rings. The van der Waals surface area contributed by atoms with E-state index < -0.39 is 16.8 Å². The van der Waals surface area contributed by atoms with E-state index in [9.17, 15) is 0 Å². The van der Waals surface area contributed by atoms with Gasteiger partial charge in [0.15, 0.2) is 0 Å². The average Bonchev–Trinajstić information content (AvgIpc) is 3.21. The van der Waals surface area contributed by atoms with Gasteiger partial charge in [0.05, 0.1) is 10.6 Å². The first-order valence-corrected chi connectivity index (χ1v) is 23.1. The molecular weight excluding hydrogens is 751 g/mol. The number of hydrogen-bond donors (Lipinski definition) is 0. The van der Waals surface area contributed by atoms with Gasteiger partial charge in [-0.15, -0.1) is 0 Å². The molecule has 0 radical (unpaired) electrons. The van der Waals surface area contributed by atoms with E-state index >= 15 is 0 Å². The Morgan fingerprint density at radius 2 is 0.534 bits per heavy atom. The van der Waals surface area contributed by atoms with Gasteiger partial charge in [-0.1, -0.05) is 76.2 Å². The summed E-state index contributed by atoms with van der Waals surface area (Å²) in [4.78, 5) is 0. The van der Waals surface area contributed by atoms with Crippen molar-refractivity contribution in [2.45, 2.75) is 109 Å². The number of rotatable bonds is 15. The van der Waals surface area contributed by atoms with E-state index in [-0.39, 0.29) is 0 Å². The average molecular weight is 811 g/mol. The number of hydrogen-bond acceptors (Lipinski definition) is 4. The first kappa shape index (κ1) is 43.0. The lowest BCUT2D eigenvalue weighted by Crippen LogP contribution is -2.12. The fourth-order valence-corrected chi connectivity index (χ4v) is 10.4. The zero-order valence-electron chi connectivity index (χ0n) is 36.6. The summed E-state index contributed by atoms with van der Waals surface area (Å²) < 4.78 is 27.4. The second-order valence-electron chi connectivity index (χ2n) is 15.6. The molecule has 0 saturated carbocycles. The Bertz CT molecular complexity index is 2090. The van der Waals surface area contributed by atoms with E-state index in [0.29, 0.717) is 0 Å². The molecule has 6 heteroatoms. The fourth-order valence-electron chi connectivity index (χ4n) is 7.57. The molecule has 0 spiro atoms. The highest BCUT2D eigenvalue weighted by molar-refractivity contribution is 7.57. The van der Waals surface area contributed by atoms with E-state index in [4.69, 9.17) is 18.1 Å². The normalized spacial score (nSPS) is 11.3. The second kappa shape index (κ2) is 19.0. The van der Waals surface area contributed by atoms with Crippen LogP contribution in [0.1, 0.15) is 94.5 Å². The molecule has 0 N–H and O–H groups in total. The van der Waals surface area contributed by atoms with Gasteiger partial charge in [-0.25, -0.2) is 0 Å². The minimum Gasteiger partial charge on any atom is -0.435 e. The molecule has 0 saturated heterocycles. The summed E-state index contributed by atoms with van der Waals surface area (Å²) in [6.45, 7) is 25.9. The van der Waals surface area contributed by atoms with Crippen LogP contribution in [0.25, 0.3) is 11.1 Å². The Kier molecular flexibility index (Phi) is 14.1. The summed E-state index contributed by atoms with van der Waals surface area (Å²) >= 11 is 0. The second-order valence-corrected chi connectivity index (χ2v) is 18.4. The van der Waals surface area contributed by atoms with Gasteiger partial charge in [-0.3, -0.25) is 0 Å². The molecule has 302 valence electrons. The van der Waals surface area contributed by atoms with Crippen LogP contribution >= 0.6 is 16.8 Å². The van der Waals surface area contributed by atoms with E-state index in [2.05, 4.69) is 180 Å². The smallest absolute Gasteiger partial charge is 0.326 e. The van der Waals surface area contributed by atoms with Crippen molar-refractivity contribution in [3.05, 3.63) is 164 Å². The van der Waals surface area contributed by atoms with Crippen LogP contribution in [-0.2, 0) is 25.7 Å². The summed E-state index contributed by atoms with van der Waals surface area (Å²) in [5.74, 6) is 3.47. The van der Waals surface area contributed by atoms with Crippen molar-refractivity contribution < 1.29 is 18.1 Å². The van der Waals surface area contributed by atoms with Gasteiger partial charge in [0.1, 0.15) is 23.0 Å². The maximum Gasteiger partial charge on any atom is 0.326 e. The standard InChI is InChI=1S/C52H60O4P2/c1-13-41-29-49(37(9)25-33(41)5)53-57(54-50-30-42(14-2)34(6)26-38(50)10)47-21-17-45(18-22-47)46-19-23-48(24-20-46)58(55-51-31-43(15-3)35(7)27-39(51)11)56-52-32-44(16-4)36(8)28-40(52)12/h17-32H,13-16H2,1-12H3. The summed E-state index contributed by atoms with van der Waals surface area (Å²) in [5, 5.41) is 2.02. The lowest BCUT2D eigenvalue weighted by Gasteiger charge is -2.23. The zero-order chi connectivity index (χ0) is 41.7. The third kappa shape index (κ3) is 9.80. The Labute approximate surface area is 350 Å². The highest BCUT2D eigenvalue weighted by Gasteiger charge is 2.24. The van der Waals surface area contributed by atoms with E-state index in [1.807, 2.05) is 0 Å². The predicted octanol–water partition coefficient (Wildman–Crippen LogP) is 14.3. The summed E-state index contributed by atoms with van der Waals surface area (Å²) in [6, 6.07) is 34.9. The lowest BCUT2D eigenvalue weighted by atomic mass is 10.0. The Morgan fingerprint density at radius 1 is 0.310 bits per heavy atom. The molecular formula is C52H60O4P2. The van der Waals surface area contributed by atoms with Crippen LogP contribution in [0.15, 0.2) is 97.1 Å². The number of aryl methyl sites for hydroxylation is 12. The molecule has 0 bridgehead atoms. The summed E-state index contributed by atoms with van der Waals surface area (Å²) in [6.07, 6.45) is 3.79. The van der Waals surface area contributed by atoms with Crippen LogP contribution in [0.3, 0.4) is 0 Å². The monoisotopic (exact) mass is 810 g/mol. The molecule has 0 aliphatic heterocycles. The molecule has 6 rings (SSSR count). The molecule has 0 fully saturated rings. The van der Waals surface area contributed by atoms with Crippen LogP contribution in [0.4, 0.5) is 0 Å². The first-order valence-electron chi connectivity index (χ1n) is 20.7. The van der Waals surface area contributed by atoms with Crippen molar-refractivity contribution in [2.75, 3.05) is 0 Å². The molecule has 0 unspecified atom stereocenters. The molecule has 0 heterocycles. The third-order valence-corrected chi connectivity index (χ3v) is 14.2. The Morgan fingerprint density at radius 3 is 0.741 bits per heavy atom. The van der Waals surface area contributed by atoms with Crippen molar-refractivity contribution in [1.82, 2.24) is 0 Å². The van der Waals surface area contributed by atoms with Gasteiger partial charge >= 0.3 is 16.8 Å². The predicted molar refractivity (Wildman–Crippen MR) is 249 cm³/mol. The minimum absolute atomic E-state index is 0.869. The molecule has 58 heavy (non-hydrogen) atoms. The van der Waals surface area contributed by atoms with Gasteiger partial charge in [0.2, 0.25) is 0 Å². The van der Waals surface area contributed by atoms with Gasteiger partial charge in [-0.2, -0.15) is 0 Å². The van der Waals surface area contributed by atoms with Gasteiger partial charge in [0, 0.05) is 0 Å². The van der Waals surface area contributed by atoms with Crippen LogP contribution in [0.2, 0.25) is 0 Å². The summed E-state index contributed by atoms with van der Waals surface area (Å²) in [5.41, 5.74) is 16.9. The topological polar surface area (TPSA) is 36.9 Å².